The zero-order valence-electron chi connectivity index (χ0n) is 12.3. The molecule has 23 heavy (non-hydrogen) atoms. The summed E-state index contributed by atoms with van der Waals surface area (Å²) in [4.78, 5) is 24.6. The van der Waals surface area contributed by atoms with Gasteiger partial charge < -0.3 is 21.1 Å². The average Bonchev–Trinajstić information content (AvgIpc) is 3.20. The Morgan fingerprint density at radius 3 is 2.39 bits per heavy atom. The zero-order chi connectivity index (χ0) is 16.2. The Labute approximate surface area is 137 Å². The predicted molar refractivity (Wildman–Crippen MR) is 89.8 cm³/mol. The minimum Gasteiger partial charge on any atom is -0.392 e. The number of anilines is 2. The summed E-state index contributed by atoms with van der Waals surface area (Å²) in [5.74, 6) is -0.321. The largest absolute Gasteiger partial charge is 0.392 e. The molecule has 2 atom stereocenters. The molecule has 0 bridgehead atoms. The highest BCUT2D eigenvalue weighted by molar-refractivity contribution is 7.12. The van der Waals surface area contributed by atoms with Gasteiger partial charge >= 0.3 is 0 Å². The van der Waals surface area contributed by atoms with E-state index in [0.717, 1.165) is 0 Å². The number of aliphatic hydroxyl groups is 1. The molecule has 1 aliphatic rings. The molecule has 0 aliphatic carbocycles. The van der Waals surface area contributed by atoms with Gasteiger partial charge in [0.1, 0.15) is 0 Å². The number of hydrogen-bond acceptors (Lipinski definition) is 5. The first-order valence-electron chi connectivity index (χ1n) is 7.29. The van der Waals surface area contributed by atoms with Crippen LogP contribution < -0.4 is 16.0 Å². The SMILES string of the molecule is O=C(Nc1ccc(NC(=O)C2CC(O)CN2)cc1)c1cccs1. The second-order valence-electron chi connectivity index (χ2n) is 5.35. The number of β-amino-alcohol motifs (C(OH)–C–C–N with tert-alkyl or cyclic N) is 1. The first-order chi connectivity index (χ1) is 11.1. The molecule has 6 nitrogen and oxygen atoms in total. The van der Waals surface area contributed by atoms with E-state index < -0.39 is 6.10 Å². The number of carbonyl (C=O) groups is 2. The van der Waals surface area contributed by atoms with Gasteiger partial charge in [-0.05, 0) is 42.1 Å². The lowest BCUT2D eigenvalue weighted by molar-refractivity contribution is -0.117. The summed E-state index contributed by atoms with van der Waals surface area (Å²) in [7, 11) is 0. The number of nitrogens with one attached hydrogen (secondary N) is 3. The Kier molecular flexibility index (Phi) is 4.71. The number of hydrogen-bond donors (Lipinski definition) is 4. The van der Waals surface area contributed by atoms with Crippen LogP contribution >= 0.6 is 11.3 Å². The Morgan fingerprint density at radius 2 is 1.83 bits per heavy atom. The van der Waals surface area contributed by atoms with Crippen LogP contribution in [0.3, 0.4) is 0 Å². The van der Waals surface area contributed by atoms with Crippen LogP contribution in [0.15, 0.2) is 41.8 Å². The van der Waals surface area contributed by atoms with E-state index in [1.54, 1.807) is 30.3 Å². The normalized spacial score (nSPS) is 20.2. The number of rotatable bonds is 4. The quantitative estimate of drug-likeness (QED) is 0.686. The lowest BCUT2D eigenvalue weighted by Crippen LogP contribution is -2.35. The number of benzene rings is 1. The van der Waals surface area contributed by atoms with Crippen LogP contribution in [0.1, 0.15) is 16.1 Å². The fourth-order valence-electron chi connectivity index (χ4n) is 2.38. The van der Waals surface area contributed by atoms with Crippen LogP contribution in [0.4, 0.5) is 11.4 Å². The van der Waals surface area contributed by atoms with Gasteiger partial charge in [0.25, 0.3) is 5.91 Å². The van der Waals surface area contributed by atoms with Crippen molar-refractivity contribution < 1.29 is 14.7 Å². The molecular weight excluding hydrogens is 314 g/mol. The molecule has 0 radical (unpaired) electrons. The Hall–Kier alpha value is -2.22. The summed E-state index contributed by atoms with van der Waals surface area (Å²) in [6.07, 6.45) is -0.0542. The van der Waals surface area contributed by atoms with Gasteiger partial charge in [0, 0.05) is 17.9 Å². The molecule has 2 amide bonds. The molecule has 0 spiro atoms. The molecule has 120 valence electrons. The first-order valence-corrected chi connectivity index (χ1v) is 8.17. The summed E-state index contributed by atoms with van der Waals surface area (Å²) in [5, 5.41) is 19.8. The highest BCUT2D eigenvalue weighted by Crippen LogP contribution is 2.17. The minimum absolute atomic E-state index is 0.152. The fourth-order valence-corrected chi connectivity index (χ4v) is 3.00. The van der Waals surface area contributed by atoms with Crippen molar-refractivity contribution in [1.29, 1.82) is 0 Å². The van der Waals surface area contributed by atoms with E-state index in [1.807, 2.05) is 11.4 Å². The first kappa shape index (κ1) is 15.7. The van der Waals surface area contributed by atoms with Crippen molar-refractivity contribution in [3.8, 4) is 0 Å². The molecule has 0 saturated carbocycles. The summed E-state index contributed by atoms with van der Waals surface area (Å²) in [6, 6.07) is 10.1. The molecule has 4 N–H and O–H groups in total. The molecule has 1 aromatic carbocycles. The molecular formula is C16H17N3O3S. The molecule has 1 saturated heterocycles. The van der Waals surface area contributed by atoms with Crippen LogP contribution in [0.25, 0.3) is 0 Å². The third-order valence-corrected chi connectivity index (χ3v) is 4.45. The summed E-state index contributed by atoms with van der Waals surface area (Å²) in [5.41, 5.74) is 1.31. The van der Waals surface area contributed by atoms with Crippen molar-refractivity contribution in [3.63, 3.8) is 0 Å². The van der Waals surface area contributed by atoms with Crippen molar-refractivity contribution in [2.45, 2.75) is 18.6 Å². The van der Waals surface area contributed by atoms with Crippen LogP contribution in [0, 0.1) is 0 Å². The standard InChI is InChI=1S/C16H17N3O3S/c20-12-8-13(17-9-12)15(21)18-10-3-5-11(6-4-10)19-16(22)14-2-1-7-23-14/h1-7,12-13,17,20H,8-9H2,(H,18,21)(H,19,22). The maximum Gasteiger partial charge on any atom is 0.265 e. The van der Waals surface area contributed by atoms with Crippen LogP contribution in [-0.2, 0) is 4.79 Å². The van der Waals surface area contributed by atoms with E-state index in [2.05, 4.69) is 16.0 Å². The van der Waals surface area contributed by atoms with Crippen molar-refractivity contribution in [2.75, 3.05) is 17.2 Å². The Morgan fingerprint density at radius 1 is 1.13 bits per heavy atom. The lowest BCUT2D eigenvalue weighted by atomic mass is 10.2. The van der Waals surface area contributed by atoms with E-state index in [-0.39, 0.29) is 17.9 Å². The van der Waals surface area contributed by atoms with Crippen LogP contribution in [0.2, 0.25) is 0 Å². The fraction of sp³-hybridized carbons (Fsp3) is 0.250. The smallest absolute Gasteiger partial charge is 0.265 e. The van der Waals surface area contributed by atoms with E-state index in [4.69, 9.17) is 0 Å². The third kappa shape index (κ3) is 3.95. The van der Waals surface area contributed by atoms with Crippen LogP contribution in [-0.4, -0.2) is 35.6 Å². The minimum atomic E-state index is -0.472. The van der Waals surface area contributed by atoms with Gasteiger partial charge in [0.15, 0.2) is 0 Å². The van der Waals surface area contributed by atoms with E-state index in [0.29, 0.717) is 29.2 Å². The summed E-state index contributed by atoms with van der Waals surface area (Å²) in [6.45, 7) is 0.436. The molecule has 7 heteroatoms. The van der Waals surface area contributed by atoms with Gasteiger partial charge in [-0.15, -0.1) is 11.3 Å². The predicted octanol–water partition coefficient (Wildman–Crippen LogP) is 1.66. The maximum atomic E-state index is 12.0. The van der Waals surface area contributed by atoms with Gasteiger partial charge in [-0.25, -0.2) is 0 Å². The Bertz CT molecular complexity index is 685. The monoisotopic (exact) mass is 331 g/mol. The van der Waals surface area contributed by atoms with Gasteiger partial charge in [-0.3, -0.25) is 9.59 Å². The number of amides is 2. The topological polar surface area (TPSA) is 90.5 Å². The second-order valence-corrected chi connectivity index (χ2v) is 6.30. The number of carbonyl (C=O) groups excluding carboxylic acids is 2. The molecule has 2 aromatic rings. The number of aliphatic hydroxyl groups excluding tert-OH is 1. The highest BCUT2D eigenvalue weighted by atomic mass is 32.1. The molecule has 3 rings (SSSR count). The molecule has 1 aliphatic heterocycles. The van der Waals surface area contributed by atoms with Crippen molar-refractivity contribution in [3.05, 3.63) is 46.7 Å². The summed E-state index contributed by atoms with van der Waals surface area (Å²) < 4.78 is 0. The number of thiophene rings is 1. The third-order valence-electron chi connectivity index (χ3n) is 3.58. The van der Waals surface area contributed by atoms with Crippen molar-refractivity contribution >= 4 is 34.5 Å². The average molecular weight is 331 g/mol. The van der Waals surface area contributed by atoms with Gasteiger partial charge in [0.05, 0.1) is 17.0 Å². The summed E-state index contributed by atoms with van der Waals surface area (Å²) >= 11 is 1.38. The van der Waals surface area contributed by atoms with E-state index in [1.165, 1.54) is 11.3 Å². The highest BCUT2D eigenvalue weighted by Gasteiger charge is 2.27. The van der Waals surface area contributed by atoms with E-state index in [9.17, 15) is 14.7 Å². The van der Waals surface area contributed by atoms with Gasteiger partial charge in [-0.1, -0.05) is 6.07 Å². The molecule has 2 unspecified atom stereocenters. The molecule has 1 aromatic heterocycles. The van der Waals surface area contributed by atoms with Gasteiger partial charge in [0.2, 0.25) is 5.91 Å². The zero-order valence-corrected chi connectivity index (χ0v) is 13.1. The van der Waals surface area contributed by atoms with Crippen LogP contribution in [0.5, 0.6) is 0 Å². The molecule has 2 heterocycles. The van der Waals surface area contributed by atoms with Crippen molar-refractivity contribution in [2.24, 2.45) is 0 Å². The molecule has 1 fully saturated rings. The Balaban J connectivity index is 1.57. The maximum absolute atomic E-state index is 12.0. The van der Waals surface area contributed by atoms with Gasteiger partial charge in [-0.2, -0.15) is 0 Å². The second kappa shape index (κ2) is 6.91. The lowest BCUT2D eigenvalue weighted by Gasteiger charge is -2.11. The van der Waals surface area contributed by atoms with Crippen molar-refractivity contribution in [1.82, 2.24) is 5.32 Å². The van der Waals surface area contributed by atoms with E-state index >= 15 is 0 Å².